The number of benzene rings is 1. The zero-order valence-corrected chi connectivity index (χ0v) is 14.2. The van der Waals surface area contributed by atoms with Crippen molar-refractivity contribution in [3.05, 3.63) is 46.9 Å². The highest BCUT2D eigenvalue weighted by atomic mass is 16.5. The molecule has 126 valence electrons. The number of aryl methyl sites for hydroxylation is 2. The van der Waals surface area contributed by atoms with E-state index in [9.17, 15) is 10.1 Å². The van der Waals surface area contributed by atoms with Crippen molar-refractivity contribution in [2.24, 2.45) is 0 Å². The second-order valence-electron chi connectivity index (χ2n) is 5.21. The van der Waals surface area contributed by atoms with Crippen LogP contribution in [0.15, 0.2) is 28.7 Å². The molecule has 1 aromatic carbocycles. The summed E-state index contributed by atoms with van der Waals surface area (Å²) in [6.07, 6.45) is 0.701. The van der Waals surface area contributed by atoms with Crippen LogP contribution in [0.1, 0.15) is 40.4 Å². The van der Waals surface area contributed by atoms with Gasteiger partial charge in [-0.2, -0.15) is 5.26 Å². The zero-order valence-electron chi connectivity index (χ0n) is 14.2. The molecule has 6 heteroatoms. The minimum atomic E-state index is -0.867. The number of carbonyl (C=O) groups is 1. The van der Waals surface area contributed by atoms with Crippen molar-refractivity contribution in [3.63, 3.8) is 0 Å². The molecule has 1 amide bonds. The van der Waals surface area contributed by atoms with Crippen LogP contribution in [0.3, 0.4) is 0 Å². The molecule has 0 aliphatic carbocycles. The summed E-state index contributed by atoms with van der Waals surface area (Å²) in [6, 6.07) is 7.94. The van der Waals surface area contributed by atoms with E-state index in [-0.39, 0.29) is 5.76 Å². The van der Waals surface area contributed by atoms with Crippen LogP contribution in [0.4, 0.5) is 0 Å². The van der Waals surface area contributed by atoms with Gasteiger partial charge in [0.05, 0.1) is 20.3 Å². The van der Waals surface area contributed by atoms with Crippen LogP contribution >= 0.6 is 0 Å². The smallest absolute Gasteiger partial charge is 0.288 e. The highest BCUT2D eigenvalue weighted by Crippen LogP contribution is 2.29. The van der Waals surface area contributed by atoms with Gasteiger partial charge in [-0.05, 0) is 30.7 Å². The van der Waals surface area contributed by atoms with Gasteiger partial charge in [-0.3, -0.25) is 4.79 Å². The number of hydrogen-bond donors (Lipinski definition) is 1. The highest BCUT2D eigenvalue weighted by Gasteiger charge is 2.22. The highest BCUT2D eigenvalue weighted by molar-refractivity contribution is 5.92. The molecule has 2 rings (SSSR count). The number of methoxy groups -OCH3 is 2. The molecule has 0 spiro atoms. The van der Waals surface area contributed by atoms with Gasteiger partial charge in [-0.15, -0.1) is 0 Å². The van der Waals surface area contributed by atoms with Crippen LogP contribution in [0.2, 0.25) is 0 Å². The number of nitrogens with zero attached hydrogens (tertiary/aromatic N) is 1. The van der Waals surface area contributed by atoms with E-state index in [1.165, 1.54) is 7.11 Å². The normalized spacial score (nSPS) is 11.5. The summed E-state index contributed by atoms with van der Waals surface area (Å²) in [5.74, 6) is 1.58. The molecule has 0 saturated heterocycles. The quantitative estimate of drug-likeness (QED) is 0.880. The van der Waals surface area contributed by atoms with Crippen molar-refractivity contribution in [2.75, 3.05) is 14.2 Å². The van der Waals surface area contributed by atoms with Gasteiger partial charge in [0.1, 0.15) is 23.3 Å². The Bertz CT molecular complexity index is 774. The van der Waals surface area contributed by atoms with Gasteiger partial charge in [-0.1, -0.05) is 6.92 Å². The first-order valence-corrected chi connectivity index (χ1v) is 7.55. The van der Waals surface area contributed by atoms with Gasteiger partial charge in [-0.25, -0.2) is 0 Å². The fourth-order valence-corrected chi connectivity index (χ4v) is 2.42. The third-order valence-electron chi connectivity index (χ3n) is 3.72. The van der Waals surface area contributed by atoms with Crippen LogP contribution in [-0.4, -0.2) is 20.1 Å². The Hall–Kier alpha value is -2.94. The number of amides is 1. The van der Waals surface area contributed by atoms with E-state index >= 15 is 0 Å². The molecule has 1 heterocycles. The summed E-state index contributed by atoms with van der Waals surface area (Å²) in [5, 5.41) is 12.1. The van der Waals surface area contributed by atoms with Crippen LogP contribution < -0.4 is 14.8 Å². The molecule has 1 unspecified atom stereocenters. The van der Waals surface area contributed by atoms with E-state index in [2.05, 4.69) is 11.4 Å². The third-order valence-corrected chi connectivity index (χ3v) is 3.72. The predicted molar refractivity (Wildman–Crippen MR) is 88.2 cm³/mol. The monoisotopic (exact) mass is 328 g/mol. The van der Waals surface area contributed by atoms with Crippen LogP contribution in [0.5, 0.6) is 11.5 Å². The van der Waals surface area contributed by atoms with Gasteiger partial charge in [0.15, 0.2) is 5.76 Å². The lowest BCUT2D eigenvalue weighted by Gasteiger charge is -2.15. The SMILES string of the molecule is CCc1oc(C(=O)NC(C#N)c2ccc(OC)cc2OC)cc1C. The fourth-order valence-electron chi connectivity index (χ4n) is 2.42. The molecule has 6 nitrogen and oxygen atoms in total. The Balaban J connectivity index is 2.26. The molecular weight excluding hydrogens is 308 g/mol. The molecule has 0 radical (unpaired) electrons. The maximum atomic E-state index is 12.4. The second-order valence-corrected chi connectivity index (χ2v) is 5.21. The molecule has 1 aromatic heterocycles. The van der Waals surface area contributed by atoms with Crippen molar-refractivity contribution in [2.45, 2.75) is 26.3 Å². The number of furan rings is 1. The van der Waals surface area contributed by atoms with Gasteiger partial charge < -0.3 is 19.2 Å². The molecule has 1 atom stereocenters. The molecule has 0 aliphatic rings. The third kappa shape index (κ3) is 3.51. The summed E-state index contributed by atoms with van der Waals surface area (Å²) in [5.41, 5.74) is 1.46. The zero-order chi connectivity index (χ0) is 17.7. The van der Waals surface area contributed by atoms with Gasteiger partial charge in [0, 0.05) is 18.1 Å². The first-order chi connectivity index (χ1) is 11.5. The maximum absolute atomic E-state index is 12.4. The average Bonchev–Trinajstić information content (AvgIpc) is 3.00. The summed E-state index contributed by atoms with van der Waals surface area (Å²) in [6.45, 7) is 3.83. The van der Waals surface area contributed by atoms with E-state index in [4.69, 9.17) is 13.9 Å². The predicted octanol–water partition coefficient (Wildman–Crippen LogP) is 3.16. The lowest BCUT2D eigenvalue weighted by Crippen LogP contribution is -2.27. The molecule has 1 N–H and O–H groups in total. The Kier molecular flexibility index (Phi) is 5.48. The largest absolute Gasteiger partial charge is 0.497 e. The Morgan fingerprint density at radius 1 is 1.33 bits per heavy atom. The Morgan fingerprint density at radius 3 is 2.62 bits per heavy atom. The molecule has 0 saturated carbocycles. The van der Waals surface area contributed by atoms with Crippen molar-refractivity contribution in [3.8, 4) is 17.6 Å². The van der Waals surface area contributed by atoms with E-state index in [1.807, 2.05) is 13.8 Å². The summed E-state index contributed by atoms with van der Waals surface area (Å²) in [4.78, 5) is 12.4. The first kappa shape index (κ1) is 17.4. The van der Waals surface area contributed by atoms with Crippen molar-refractivity contribution in [1.82, 2.24) is 5.32 Å². The molecule has 24 heavy (non-hydrogen) atoms. The van der Waals surface area contributed by atoms with Crippen LogP contribution in [0.25, 0.3) is 0 Å². The number of nitriles is 1. The van der Waals surface area contributed by atoms with Crippen molar-refractivity contribution >= 4 is 5.91 Å². The number of rotatable bonds is 6. The van der Waals surface area contributed by atoms with Gasteiger partial charge in [0.25, 0.3) is 5.91 Å². The number of nitrogens with one attached hydrogen (secondary N) is 1. The standard InChI is InChI=1S/C18H20N2O4/c1-5-15-11(2)8-17(24-15)18(21)20-14(10-19)13-7-6-12(22-3)9-16(13)23-4/h6-9,14H,5H2,1-4H3,(H,20,21). The van der Waals surface area contributed by atoms with Crippen LogP contribution in [-0.2, 0) is 6.42 Å². The summed E-state index contributed by atoms with van der Waals surface area (Å²) < 4.78 is 16.0. The van der Waals surface area contributed by atoms with Gasteiger partial charge in [0.2, 0.25) is 0 Å². The summed E-state index contributed by atoms with van der Waals surface area (Å²) >= 11 is 0. The summed E-state index contributed by atoms with van der Waals surface area (Å²) in [7, 11) is 3.04. The molecule has 0 aliphatic heterocycles. The van der Waals surface area contributed by atoms with Gasteiger partial charge >= 0.3 is 0 Å². The van der Waals surface area contributed by atoms with E-state index in [1.54, 1.807) is 31.4 Å². The molecular formula is C18H20N2O4. The number of carbonyl (C=O) groups excluding carboxylic acids is 1. The first-order valence-electron chi connectivity index (χ1n) is 7.55. The fraction of sp³-hybridized carbons (Fsp3) is 0.333. The minimum absolute atomic E-state index is 0.192. The number of hydrogen-bond acceptors (Lipinski definition) is 5. The number of ether oxygens (including phenoxy) is 2. The van der Waals surface area contributed by atoms with Crippen molar-refractivity contribution in [1.29, 1.82) is 5.26 Å². The van der Waals surface area contributed by atoms with E-state index in [0.717, 1.165) is 11.3 Å². The lowest BCUT2D eigenvalue weighted by atomic mass is 10.1. The lowest BCUT2D eigenvalue weighted by molar-refractivity contribution is 0.0915. The Morgan fingerprint density at radius 2 is 2.08 bits per heavy atom. The second kappa shape index (κ2) is 7.55. The Labute approximate surface area is 141 Å². The molecule has 0 fully saturated rings. The van der Waals surface area contributed by atoms with E-state index in [0.29, 0.717) is 23.5 Å². The average molecular weight is 328 g/mol. The van der Waals surface area contributed by atoms with Crippen LogP contribution in [0, 0.1) is 18.3 Å². The topological polar surface area (TPSA) is 84.5 Å². The molecule has 0 bridgehead atoms. The minimum Gasteiger partial charge on any atom is -0.497 e. The van der Waals surface area contributed by atoms with Crippen molar-refractivity contribution < 1.29 is 18.7 Å². The molecule has 2 aromatic rings. The van der Waals surface area contributed by atoms with E-state index < -0.39 is 11.9 Å². The maximum Gasteiger partial charge on any atom is 0.288 e.